The van der Waals surface area contributed by atoms with Gasteiger partial charge in [-0.05, 0) is 24.6 Å². The van der Waals surface area contributed by atoms with E-state index in [2.05, 4.69) is 10.6 Å². The molecule has 0 saturated heterocycles. The summed E-state index contributed by atoms with van der Waals surface area (Å²) in [5.41, 5.74) is 2.27. The molecule has 1 aromatic carbocycles. The Balaban J connectivity index is 2.16. The summed E-state index contributed by atoms with van der Waals surface area (Å²) >= 11 is 0. The first-order chi connectivity index (χ1) is 8.60. The molecule has 0 spiro atoms. The van der Waals surface area contributed by atoms with Crippen molar-refractivity contribution in [3.63, 3.8) is 0 Å². The first-order valence-corrected chi connectivity index (χ1v) is 5.70. The molecule has 6 nitrogen and oxygen atoms in total. The molecule has 0 radical (unpaired) electrons. The summed E-state index contributed by atoms with van der Waals surface area (Å²) in [4.78, 5) is 11.2. The number of aliphatic hydroxyl groups excluding tert-OH is 2. The van der Waals surface area contributed by atoms with Gasteiger partial charge < -0.3 is 25.6 Å². The fraction of sp³-hybridized carbons (Fsp3) is 0.417. The largest absolute Gasteiger partial charge is 0.481 e. The highest BCUT2D eigenvalue weighted by atomic mass is 16.5. The van der Waals surface area contributed by atoms with Crippen LogP contribution in [0.1, 0.15) is 5.56 Å². The summed E-state index contributed by atoms with van der Waals surface area (Å²) in [5.74, 6) is 0.484. The van der Waals surface area contributed by atoms with E-state index in [4.69, 9.17) is 9.84 Å². The molecule has 6 heteroatoms. The fourth-order valence-corrected chi connectivity index (χ4v) is 1.78. The monoisotopic (exact) mass is 252 g/mol. The van der Waals surface area contributed by atoms with Crippen LogP contribution in [0.15, 0.2) is 12.1 Å². The summed E-state index contributed by atoms with van der Waals surface area (Å²) < 4.78 is 5.34. The van der Waals surface area contributed by atoms with Crippen LogP contribution in [-0.4, -0.2) is 42.0 Å². The number of amides is 1. The molecular weight excluding hydrogens is 236 g/mol. The maximum atomic E-state index is 11.2. The number of aryl methyl sites for hydroxylation is 1. The van der Waals surface area contributed by atoms with Crippen molar-refractivity contribution in [3.8, 4) is 5.75 Å². The molecule has 1 atom stereocenters. The molecule has 0 saturated carbocycles. The lowest BCUT2D eigenvalue weighted by atomic mass is 10.1. The number of rotatable bonds is 4. The zero-order chi connectivity index (χ0) is 13.1. The normalized spacial score (nSPS) is 15.4. The lowest BCUT2D eigenvalue weighted by molar-refractivity contribution is -0.118. The summed E-state index contributed by atoms with van der Waals surface area (Å²) in [6.45, 7) is 1.86. The van der Waals surface area contributed by atoms with Gasteiger partial charge >= 0.3 is 0 Å². The summed E-state index contributed by atoms with van der Waals surface area (Å²) in [6.07, 6.45) is -0.813. The molecule has 1 unspecified atom stereocenters. The van der Waals surface area contributed by atoms with Crippen molar-refractivity contribution >= 4 is 17.3 Å². The van der Waals surface area contributed by atoms with Crippen LogP contribution in [0.3, 0.4) is 0 Å². The number of carbonyl (C=O) groups is 1. The molecule has 4 N–H and O–H groups in total. The van der Waals surface area contributed by atoms with Crippen LogP contribution in [-0.2, 0) is 4.79 Å². The fourth-order valence-electron chi connectivity index (χ4n) is 1.78. The van der Waals surface area contributed by atoms with Crippen LogP contribution < -0.4 is 15.4 Å². The van der Waals surface area contributed by atoms with Crippen LogP contribution in [0.2, 0.25) is 0 Å². The Morgan fingerprint density at radius 1 is 1.56 bits per heavy atom. The Labute approximate surface area is 105 Å². The van der Waals surface area contributed by atoms with E-state index < -0.39 is 6.10 Å². The van der Waals surface area contributed by atoms with E-state index >= 15 is 0 Å². The first-order valence-electron chi connectivity index (χ1n) is 5.70. The number of aliphatic hydroxyl groups is 2. The molecule has 1 aliphatic rings. The van der Waals surface area contributed by atoms with Gasteiger partial charge in [0.25, 0.3) is 5.91 Å². The molecule has 0 bridgehead atoms. The molecular formula is C12H16N2O4. The lowest BCUT2D eigenvalue weighted by Gasteiger charge is -2.21. The molecule has 1 amide bonds. The van der Waals surface area contributed by atoms with Gasteiger partial charge in [-0.15, -0.1) is 0 Å². The maximum Gasteiger partial charge on any atom is 0.262 e. The average Bonchev–Trinajstić information content (AvgIpc) is 2.35. The van der Waals surface area contributed by atoms with Crippen molar-refractivity contribution in [2.75, 3.05) is 30.4 Å². The van der Waals surface area contributed by atoms with E-state index in [0.717, 1.165) is 11.3 Å². The Morgan fingerprint density at radius 3 is 3.06 bits per heavy atom. The van der Waals surface area contributed by atoms with E-state index in [1.807, 2.05) is 13.0 Å². The van der Waals surface area contributed by atoms with E-state index in [9.17, 15) is 9.90 Å². The molecule has 2 rings (SSSR count). The van der Waals surface area contributed by atoms with Crippen LogP contribution in [0, 0.1) is 6.92 Å². The third-order valence-electron chi connectivity index (χ3n) is 2.65. The highest BCUT2D eigenvalue weighted by molar-refractivity contribution is 5.96. The van der Waals surface area contributed by atoms with E-state index in [1.165, 1.54) is 0 Å². The van der Waals surface area contributed by atoms with E-state index in [-0.39, 0.29) is 25.7 Å². The number of hydrogen-bond acceptors (Lipinski definition) is 5. The van der Waals surface area contributed by atoms with Crippen molar-refractivity contribution in [1.82, 2.24) is 0 Å². The number of fused-ring (bicyclic) bond motifs is 1. The van der Waals surface area contributed by atoms with Gasteiger partial charge in [0, 0.05) is 12.2 Å². The molecule has 0 aromatic heterocycles. The number of carbonyl (C=O) groups excluding carboxylic acids is 1. The second-order valence-electron chi connectivity index (χ2n) is 4.22. The maximum absolute atomic E-state index is 11.2. The third-order valence-corrected chi connectivity index (χ3v) is 2.65. The summed E-state index contributed by atoms with van der Waals surface area (Å²) in [7, 11) is 0. The van der Waals surface area contributed by atoms with Crippen molar-refractivity contribution < 1.29 is 19.7 Å². The minimum Gasteiger partial charge on any atom is -0.481 e. The van der Waals surface area contributed by atoms with Crippen molar-refractivity contribution in [2.45, 2.75) is 13.0 Å². The van der Waals surface area contributed by atoms with Gasteiger partial charge in [0.05, 0.1) is 18.4 Å². The van der Waals surface area contributed by atoms with Crippen LogP contribution in [0.4, 0.5) is 11.4 Å². The molecule has 98 valence electrons. The topological polar surface area (TPSA) is 90.8 Å². The molecule has 1 aromatic rings. The predicted molar refractivity (Wildman–Crippen MR) is 66.9 cm³/mol. The van der Waals surface area contributed by atoms with Crippen LogP contribution >= 0.6 is 0 Å². The third kappa shape index (κ3) is 2.72. The Kier molecular flexibility index (Phi) is 3.69. The van der Waals surface area contributed by atoms with Gasteiger partial charge in [0.1, 0.15) is 5.75 Å². The van der Waals surface area contributed by atoms with Crippen molar-refractivity contribution in [1.29, 1.82) is 0 Å². The van der Waals surface area contributed by atoms with Crippen molar-refractivity contribution in [2.24, 2.45) is 0 Å². The van der Waals surface area contributed by atoms with E-state index in [0.29, 0.717) is 11.4 Å². The number of benzene rings is 1. The Morgan fingerprint density at radius 2 is 2.33 bits per heavy atom. The van der Waals surface area contributed by atoms with Gasteiger partial charge in [-0.1, -0.05) is 0 Å². The molecule has 1 heterocycles. The smallest absolute Gasteiger partial charge is 0.262 e. The van der Waals surface area contributed by atoms with Gasteiger partial charge in [-0.2, -0.15) is 0 Å². The number of nitrogens with one attached hydrogen (secondary N) is 2. The number of hydrogen-bond donors (Lipinski definition) is 4. The highest BCUT2D eigenvalue weighted by Crippen LogP contribution is 2.34. The van der Waals surface area contributed by atoms with E-state index in [1.54, 1.807) is 6.07 Å². The summed E-state index contributed by atoms with van der Waals surface area (Å²) in [6, 6.07) is 3.60. The van der Waals surface area contributed by atoms with Gasteiger partial charge in [-0.3, -0.25) is 4.79 Å². The second-order valence-corrected chi connectivity index (χ2v) is 4.22. The standard InChI is InChI=1S/C12H16N2O4/c1-7-2-8(13-4-9(16)5-15)3-10-12(7)18-6-11(17)14-10/h2-3,9,13,15-16H,4-6H2,1H3,(H,14,17). The van der Waals surface area contributed by atoms with Gasteiger partial charge in [-0.25, -0.2) is 0 Å². The SMILES string of the molecule is Cc1cc(NCC(O)CO)cc2c1OCC(=O)N2. The molecule has 18 heavy (non-hydrogen) atoms. The molecule has 1 aliphatic heterocycles. The second kappa shape index (κ2) is 5.24. The number of anilines is 2. The highest BCUT2D eigenvalue weighted by Gasteiger charge is 2.18. The van der Waals surface area contributed by atoms with Crippen molar-refractivity contribution in [3.05, 3.63) is 17.7 Å². The minimum atomic E-state index is -0.813. The quantitative estimate of drug-likeness (QED) is 0.609. The Bertz CT molecular complexity index is 462. The lowest BCUT2D eigenvalue weighted by Crippen LogP contribution is -2.26. The number of ether oxygens (including phenoxy) is 1. The molecule has 0 fully saturated rings. The van der Waals surface area contributed by atoms with Crippen LogP contribution in [0.25, 0.3) is 0 Å². The molecule has 0 aliphatic carbocycles. The van der Waals surface area contributed by atoms with Crippen LogP contribution in [0.5, 0.6) is 5.75 Å². The Hall–Kier alpha value is -1.79. The minimum absolute atomic E-state index is 0.0316. The average molecular weight is 252 g/mol. The predicted octanol–water partition coefficient (Wildman–Crippen LogP) is 0.0910. The van der Waals surface area contributed by atoms with Gasteiger partial charge in [0.15, 0.2) is 6.61 Å². The first kappa shape index (κ1) is 12.7. The van der Waals surface area contributed by atoms with Gasteiger partial charge in [0.2, 0.25) is 0 Å². The summed E-state index contributed by atoms with van der Waals surface area (Å²) in [5, 5.41) is 23.7. The zero-order valence-electron chi connectivity index (χ0n) is 10.1. The zero-order valence-corrected chi connectivity index (χ0v) is 10.1.